The topological polar surface area (TPSA) is 9.23 Å². The quantitative estimate of drug-likeness (QED) is 0.679. The van der Waals surface area contributed by atoms with Gasteiger partial charge in [-0.3, -0.25) is 0 Å². The zero-order valence-corrected chi connectivity index (χ0v) is 9.69. The highest BCUT2D eigenvalue weighted by Gasteiger charge is 2.39. The van der Waals surface area contributed by atoms with Gasteiger partial charge in [-0.1, -0.05) is 42.6 Å². The number of rotatable bonds is 4. The molecule has 0 aromatic carbocycles. The minimum Gasteiger partial charge on any atom is -0.374 e. The van der Waals surface area contributed by atoms with E-state index in [0.717, 1.165) is 17.9 Å². The molecular weight excluding hydrogens is 216 g/mol. The van der Waals surface area contributed by atoms with Crippen molar-refractivity contribution in [3.05, 3.63) is 0 Å². The van der Waals surface area contributed by atoms with Crippen LogP contribution in [0.4, 0.5) is 0 Å². The molecular formula is C10H19BrO. The molecule has 12 heavy (non-hydrogen) atoms. The van der Waals surface area contributed by atoms with Gasteiger partial charge in [0.05, 0.1) is 5.60 Å². The van der Waals surface area contributed by atoms with E-state index in [1.807, 2.05) is 0 Å². The van der Waals surface area contributed by atoms with Crippen LogP contribution in [-0.4, -0.2) is 17.5 Å². The van der Waals surface area contributed by atoms with E-state index in [2.05, 4.69) is 29.8 Å². The Hall–Kier alpha value is 0.440. The first-order chi connectivity index (χ1) is 5.79. The average Bonchev–Trinajstić information content (AvgIpc) is 2.56. The summed E-state index contributed by atoms with van der Waals surface area (Å²) in [7, 11) is 0. The summed E-state index contributed by atoms with van der Waals surface area (Å²) in [5.74, 6) is 0.736. The first-order valence-electron chi connectivity index (χ1n) is 4.99. The van der Waals surface area contributed by atoms with Gasteiger partial charge in [-0.05, 0) is 18.8 Å². The summed E-state index contributed by atoms with van der Waals surface area (Å²) in [4.78, 5) is 0. The van der Waals surface area contributed by atoms with Crippen LogP contribution in [0, 0.1) is 5.92 Å². The first kappa shape index (κ1) is 10.5. The van der Waals surface area contributed by atoms with Crippen LogP contribution in [0.2, 0.25) is 0 Å². The van der Waals surface area contributed by atoms with Crippen LogP contribution in [0.15, 0.2) is 0 Å². The van der Waals surface area contributed by atoms with Crippen molar-refractivity contribution in [3.63, 3.8) is 0 Å². The Morgan fingerprint density at radius 3 is 2.42 bits per heavy atom. The summed E-state index contributed by atoms with van der Waals surface area (Å²) >= 11 is 3.59. The number of alkyl halides is 1. The fourth-order valence-corrected chi connectivity index (χ4v) is 3.19. The average molecular weight is 235 g/mol. The molecule has 1 aliphatic heterocycles. The van der Waals surface area contributed by atoms with E-state index in [0.29, 0.717) is 0 Å². The van der Waals surface area contributed by atoms with Crippen molar-refractivity contribution >= 4 is 15.9 Å². The highest BCUT2D eigenvalue weighted by atomic mass is 79.9. The van der Waals surface area contributed by atoms with Crippen LogP contribution < -0.4 is 0 Å². The van der Waals surface area contributed by atoms with Crippen LogP contribution in [0.3, 0.4) is 0 Å². The summed E-state index contributed by atoms with van der Waals surface area (Å²) in [6.45, 7) is 5.49. The molecule has 0 aromatic rings. The molecule has 1 atom stereocenters. The maximum absolute atomic E-state index is 5.89. The normalized spacial score (nSPS) is 30.0. The maximum atomic E-state index is 5.89. The van der Waals surface area contributed by atoms with E-state index >= 15 is 0 Å². The van der Waals surface area contributed by atoms with Gasteiger partial charge in [0.2, 0.25) is 0 Å². The Balaban J connectivity index is 2.63. The van der Waals surface area contributed by atoms with Crippen molar-refractivity contribution in [2.24, 2.45) is 5.92 Å². The number of hydrogen-bond donors (Lipinski definition) is 0. The summed E-state index contributed by atoms with van der Waals surface area (Å²) in [5.41, 5.74) is 0.170. The Kier molecular flexibility index (Phi) is 4.04. The van der Waals surface area contributed by atoms with Crippen molar-refractivity contribution in [3.8, 4) is 0 Å². The number of halogens is 1. The van der Waals surface area contributed by atoms with Gasteiger partial charge in [0.25, 0.3) is 0 Å². The van der Waals surface area contributed by atoms with Crippen molar-refractivity contribution in [2.45, 2.75) is 45.1 Å². The number of ether oxygens (including phenoxy) is 1. The minimum atomic E-state index is 0.170. The molecule has 0 aliphatic carbocycles. The molecule has 1 fully saturated rings. The molecule has 1 unspecified atom stereocenters. The molecule has 0 radical (unpaired) electrons. The minimum absolute atomic E-state index is 0.170. The van der Waals surface area contributed by atoms with Crippen molar-refractivity contribution in [2.75, 3.05) is 11.9 Å². The lowest BCUT2D eigenvalue weighted by Crippen LogP contribution is -2.38. The smallest absolute Gasteiger partial charge is 0.0807 e. The van der Waals surface area contributed by atoms with Gasteiger partial charge >= 0.3 is 0 Å². The van der Waals surface area contributed by atoms with Crippen molar-refractivity contribution < 1.29 is 4.74 Å². The SMILES string of the molecule is CCC(CC)C1(CBr)CCCO1. The van der Waals surface area contributed by atoms with Crippen LogP contribution in [0.5, 0.6) is 0 Å². The molecule has 2 heteroatoms. The van der Waals surface area contributed by atoms with Gasteiger partial charge < -0.3 is 4.74 Å². The largest absolute Gasteiger partial charge is 0.374 e. The Morgan fingerprint density at radius 1 is 1.42 bits per heavy atom. The van der Waals surface area contributed by atoms with Gasteiger partial charge in [0, 0.05) is 11.9 Å². The third-order valence-electron chi connectivity index (χ3n) is 3.09. The van der Waals surface area contributed by atoms with Crippen LogP contribution >= 0.6 is 15.9 Å². The second-order valence-electron chi connectivity index (χ2n) is 3.66. The van der Waals surface area contributed by atoms with Gasteiger partial charge in [-0.2, -0.15) is 0 Å². The Morgan fingerprint density at radius 2 is 2.08 bits per heavy atom. The van der Waals surface area contributed by atoms with E-state index < -0.39 is 0 Å². The zero-order chi connectivity index (χ0) is 9.03. The van der Waals surface area contributed by atoms with Crippen LogP contribution in [0.1, 0.15) is 39.5 Å². The van der Waals surface area contributed by atoms with E-state index in [9.17, 15) is 0 Å². The fraction of sp³-hybridized carbons (Fsp3) is 1.00. The van der Waals surface area contributed by atoms with Gasteiger partial charge in [-0.25, -0.2) is 0 Å². The molecule has 1 aliphatic rings. The Labute approximate surface area is 84.0 Å². The highest BCUT2D eigenvalue weighted by Crippen LogP contribution is 2.38. The summed E-state index contributed by atoms with van der Waals surface area (Å²) < 4.78 is 5.89. The molecule has 1 saturated heterocycles. The fourth-order valence-electron chi connectivity index (χ4n) is 2.29. The van der Waals surface area contributed by atoms with E-state index in [1.165, 1.54) is 25.7 Å². The summed E-state index contributed by atoms with van der Waals surface area (Å²) in [6, 6.07) is 0. The number of hydrogen-bond acceptors (Lipinski definition) is 1. The van der Waals surface area contributed by atoms with E-state index in [4.69, 9.17) is 4.74 Å². The van der Waals surface area contributed by atoms with Crippen LogP contribution in [-0.2, 0) is 4.74 Å². The Bertz CT molecular complexity index is 126. The van der Waals surface area contributed by atoms with Gasteiger partial charge in [0.1, 0.15) is 0 Å². The lowest BCUT2D eigenvalue weighted by atomic mass is 9.83. The van der Waals surface area contributed by atoms with Gasteiger partial charge in [0.15, 0.2) is 0 Å². The predicted octanol–water partition coefficient (Wildman–Crippen LogP) is 3.37. The first-order valence-corrected chi connectivity index (χ1v) is 6.11. The molecule has 0 bridgehead atoms. The second kappa shape index (κ2) is 4.61. The summed E-state index contributed by atoms with van der Waals surface area (Å²) in [5, 5.41) is 1.01. The molecule has 1 heterocycles. The highest BCUT2D eigenvalue weighted by molar-refractivity contribution is 9.09. The lowest BCUT2D eigenvalue weighted by Gasteiger charge is -2.34. The van der Waals surface area contributed by atoms with E-state index in [1.54, 1.807) is 0 Å². The predicted molar refractivity (Wildman–Crippen MR) is 55.8 cm³/mol. The maximum Gasteiger partial charge on any atom is 0.0807 e. The standard InChI is InChI=1S/C10H19BrO/c1-3-9(4-2)10(8-11)6-5-7-12-10/h9H,3-8H2,1-2H3. The van der Waals surface area contributed by atoms with Crippen molar-refractivity contribution in [1.29, 1.82) is 0 Å². The zero-order valence-electron chi connectivity index (χ0n) is 8.11. The molecule has 1 rings (SSSR count). The van der Waals surface area contributed by atoms with Crippen LogP contribution in [0.25, 0.3) is 0 Å². The molecule has 72 valence electrons. The molecule has 0 amide bonds. The van der Waals surface area contributed by atoms with Crippen molar-refractivity contribution in [1.82, 2.24) is 0 Å². The van der Waals surface area contributed by atoms with Gasteiger partial charge in [-0.15, -0.1) is 0 Å². The molecule has 0 N–H and O–H groups in total. The molecule has 1 nitrogen and oxygen atoms in total. The molecule has 0 aromatic heterocycles. The third kappa shape index (κ3) is 1.85. The monoisotopic (exact) mass is 234 g/mol. The molecule has 0 saturated carbocycles. The summed E-state index contributed by atoms with van der Waals surface area (Å²) in [6.07, 6.45) is 4.96. The third-order valence-corrected chi connectivity index (χ3v) is 4.04. The second-order valence-corrected chi connectivity index (χ2v) is 4.22. The molecule has 0 spiro atoms. The lowest BCUT2D eigenvalue weighted by molar-refractivity contribution is -0.0264. The van der Waals surface area contributed by atoms with E-state index in [-0.39, 0.29) is 5.60 Å².